The van der Waals surface area contributed by atoms with E-state index in [0.29, 0.717) is 12.1 Å². The molecule has 1 atom stereocenters. The summed E-state index contributed by atoms with van der Waals surface area (Å²) in [5.74, 6) is -5.10. The lowest BCUT2D eigenvalue weighted by molar-refractivity contribution is -0.385. The molecule has 188 valence electrons. The first-order chi connectivity index (χ1) is 15.3. The molecule has 34 heavy (non-hydrogen) atoms. The van der Waals surface area contributed by atoms with E-state index in [1.165, 1.54) is 41.5 Å². The Kier molecular flexibility index (Phi) is 6.92. The quantitative estimate of drug-likeness (QED) is 0.416. The SMILES string of the molecule is CC(C)(C)OC(=O)N(C(=O)OC(C)(C)C)C1=N[C@](C)(c2cc([N+](=O)[O-])ccc2F)C(F)(F)CO1. The highest BCUT2D eigenvalue weighted by Crippen LogP contribution is 2.45. The number of alkyl halides is 2. The van der Waals surface area contributed by atoms with Gasteiger partial charge >= 0.3 is 24.1 Å². The monoisotopic (exact) mass is 489 g/mol. The fraction of sp³-hybridized carbons (Fsp3) is 0.571. The van der Waals surface area contributed by atoms with E-state index in [2.05, 4.69) is 4.99 Å². The average molecular weight is 489 g/mol. The van der Waals surface area contributed by atoms with Crippen molar-refractivity contribution in [2.75, 3.05) is 6.61 Å². The molecule has 0 fully saturated rings. The topological polar surface area (TPSA) is 121 Å². The van der Waals surface area contributed by atoms with Crippen molar-refractivity contribution < 1.29 is 41.9 Å². The number of imide groups is 1. The van der Waals surface area contributed by atoms with Crippen LogP contribution >= 0.6 is 0 Å². The van der Waals surface area contributed by atoms with Gasteiger partial charge in [-0.05, 0) is 54.5 Å². The van der Waals surface area contributed by atoms with Gasteiger partial charge in [-0.25, -0.2) is 19.0 Å². The van der Waals surface area contributed by atoms with Crippen LogP contribution < -0.4 is 0 Å². The highest BCUT2D eigenvalue weighted by molar-refractivity contribution is 6.06. The Morgan fingerprint density at radius 1 is 1.12 bits per heavy atom. The minimum atomic E-state index is -3.89. The lowest BCUT2D eigenvalue weighted by Gasteiger charge is -2.39. The zero-order chi connectivity index (χ0) is 26.3. The van der Waals surface area contributed by atoms with E-state index in [9.17, 15) is 24.1 Å². The second kappa shape index (κ2) is 8.76. The van der Waals surface area contributed by atoms with Gasteiger partial charge in [0.1, 0.15) is 17.0 Å². The van der Waals surface area contributed by atoms with E-state index in [1.807, 2.05) is 0 Å². The number of benzene rings is 1. The number of hydrogen-bond acceptors (Lipinski definition) is 8. The van der Waals surface area contributed by atoms with Gasteiger partial charge in [0.2, 0.25) is 0 Å². The van der Waals surface area contributed by atoms with Crippen LogP contribution in [0.1, 0.15) is 54.0 Å². The van der Waals surface area contributed by atoms with E-state index in [0.717, 1.165) is 13.0 Å². The highest BCUT2D eigenvalue weighted by Gasteiger charge is 2.58. The second-order valence-corrected chi connectivity index (χ2v) is 9.68. The molecule has 0 N–H and O–H groups in total. The molecule has 1 aromatic rings. The van der Waals surface area contributed by atoms with E-state index in [1.54, 1.807) is 0 Å². The third-order valence-corrected chi connectivity index (χ3v) is 4.44. The summed E-state index contributed by atoms with van der Waals surface area (Å²) in [5.41, 5.74) is -6.50. The number of halogens is 3. The van der Waals surface area contributed by atoms with Gasteiger partial charge in [0.05, 0.1) is 4.92 Å². The number of carbonyl (C=O) groups is 2. The zero-order valence-electron chi connectivity index (χ0n) is 19.8. The molecule has 1 heterocycles. The Labute approximate surface area is 193 Å². The summed E-state index contributed by atoms with van der Waals surface area (Å²) in [5, 5.41) is 11.1. The fourth-order valence-corrected chi connectivity index (χ4v) is 2.82. The third-order valence-electron chi connectivity index (χ3n) is 4.44. The predicted octanol–water partition coefficient (Wildman–Crippen LogP) is 5.14. The summed E-state index contributed by atoms with van der Waals surface area (Å²) >= 11 is 0. The molecular weight excluding hydrogens is 463 g/mol. The molecule has 0 spiro atoms. The van der Waals surface area contributed by atoms with Crippen LogP contribution in [0.5, 0.6) is 0 Å². The number of amides is 2. The largest absolute Gasteiger partial charge is 0.458 e. The van der Waals surface area contributed by atoms with E-state index in [-0.39, 0.29) is 4.90 Å². The van der Waals surface area contributed by atoms with Crippen molar-refractivity contribution in [3.8, 4) is 0 Å². The lowest BCUT2D eigenvalue weighted by atomic mass is 9.85. The molecule has 0 radical (unpaired) electrons. The number of non-ortho nitro benzene ring substituents is 1. The van der Waals surface area contributed by atoms with Gasteiger partial charge < -0.3 is 14.2 Å². The predicted molar refractivity (Wildman–Crippen MR) is 113 cm³/mol. The average Bonchev–Trinajstić information content (AvgIpc) is 2.62. The Bertz CT molecular complexity index is 1000. The van der Waals surface area contributed by atoms with Crippen LogP contribution in [0.15, 0.2) is 23.2 Å². The third kappa shape index (κ3) is 5.75. The summed E-state index contributed by atoms with van der Waals surface area (Å²) in [6.07, 6.45) is -2.68. The second-order valence-electron chi connectivity index (χ2n) is 9.68. The maximum absolute atomic E-state index is 15.0. The van der Waals surface area contributed by atoms with Crippen LogP contribution in [0.4, 0.5) is 28.4 Å². The molecule has 13 heteroatoms. The van der Waals surface area contributed by atoms with Crippen molar-refractivity contribution >= 4 is 23.9 Å². The number of aliphatic imine (C=N–C) groups is 1. The van der Waals surface area contributed by atoms with E-state index < -0.39 is 69.5 Å². The molecule has 1 aliphatic rings. The molecule has 1 aliphatic heterocycles. The molecule has 0 unspecified atom stereocenters. The van der Waals surface area contributed by atoms with Crippen molar-refractivity contribution in [2.24, 2.45) is 4.99 Å². The van der Waals surface area contributed by atoms with Crippen molar-refractivity contribution in [1.29, 1.82) is 0 Å². The first kappa shape index (κ1) is 26.9. The summed E-state index contributed by atoms with van der Waals surface area (Å²) in [6, 6.07) is 1.13. The van der Waals surface area contributed by atoms with Crippen molar-refractivity contribution in [3.63, 3.8) is 0 Å². The van der Waals surface area contributed by atoms with Crippen LogP contribution in [-0.2, 0) is 19.7 Å². The van der Waals surface area contributed by atoms with E-state index in [4.69, 9.17) is 14.2 Å². The Balaban J connectivity index is 2.70. The van der Waals surface area contributed by atoms with Gasteiger partial charge in [0.25, 0.3) is 5.69 Å². The molecule has 0 aromatic heterocycles. The minimum Gasteiger partial charge on any atom is -0.458 e. The van der Waals surface area contributed by atoms with Crippen LogP contribution in [0, 0.1) is 15.9 Å². The van der Waals surface area contributed by atoms with Crippen molar-refractivity contribution in [2.45, 2.75) is 71.1 Å². The smallest absolute Gasteiger partial charge is 0.428 e. The number of nitro benzene ring substituents is 1. The first-order valence-electron chi connectivity index (χ1n) is 10.1. The number of nitrogens with zero attached hydrogens (tertiary/aromatic N) is 3. The van der Waals surface area contributed by atoms with E-state index >= 15 is 8.78 Å². The molecule has 0 saturated heterocycles. The minimum absolute atomic E-state index is 0.180. The highest BCUT2D eigenvalue weighted by atomic mass is 19.3. The summed E-state index contributed by atoms with van der Waals surface area (Å²) in [4.78, 5) is 39.7. The number of rotatable bonds is 2. The van der Waals surface area contributed by atoms with Crippen molar-refractivity contribution in [3.05, 3.63) is 39.7 Å². The number of carbonyl (C=O) groups excluding carboxylic acids is 2. The first-order valence-corrected chi connectivity index (χ1v) is 10.1. The van der Waals surface area contributed by atoms with Gasteiger partial charge in [0, 0.05) is 17.7 Å². The molecule has 10 nitrogen and oxygen atoms in total. The van der Waals surface area contributed by atoms with Gasteiger partial charge in [-0.1, -0.05) is 0 Å². The molecule has 1 aromatic carbocycles. The Morgan fingerprint density at radius 3 is 2.06 bits per heavy atom. The van der Waals surface area contributed by atoms with Crippen molar-refractivity contribution in [1.82, 2.24) is 4.90 Å². The van der Waals surface area contributed by atoms with Gasteiger partial charge in [-0.2, -0.15) is 8.78 Å². The molecule has 0 aliphatic carbocycles. The zero-order valence-corrected chi connectivity index (χ0v) is 19.8. The lowest BCUT2D eigenvalue weighted by Crippen LogP contribution is -2.56. The normalized spacial score (nSPS) is 20.0. The molecular formula is C21H26F3N3O7. The van der Waals surface area contributed by atoms with Crippen LogP contribution in [0.3, 0.4) is 0 Å². The fourth-order valence-electron chi connectivity index (χ4n) is 2.82. The summed E-state index contributed by atoms with van der Waals surface area (Å²) in [7, 11) is 0. The van der Waals surface area contributed by atoms with Crippen LogP contribution in [0.25, 0.3) is 0 Å². The number of hydrogen-bond donors (Lipinski definition) is 0. The molecule has 2 rings (SSSR count). The molecule has 2 amide bonds. The van der Waals surface area contributed by atoms with Gasteiger partial charge in [-0.3, -0.25) is 10.1 Å². The Hall–Kier alpha value is -3.38. The molecule has 0 bridgehead atoms. The Morgan fingerprint density at radius 2 is 1.62 bits per heavy atom. The number of nitro groups is 1. The number of ether oxygens (including phenoxy) is 3. The van der Waals surface area contributed by atoms with Crippen LogP contribution in [0.2, 0.25) is 0 Å². The van der Waals surface area contributed by atoms with Crippen LogP contribution in [-0.4, -0.2) is 51.8 Å². The maximum atomic E-state index is 15.0. The molecule has 0 saturated carbocycles. The maximum Gasteiger partial charge on any atom is 0.428 e. The number of amidine groups is 1. The summed E-state index contributed by atoms with van der Waals surface area (Å²) < 4.78 is 59.9. The van der Waals surface area contributed by atoms with Gasteiger partial charge in [0.15, 0.2) is 12.1 Å². The summed E-state index contributed by atoms with van der Waals surface area (Å²) in [6.45, 7) is 8.37. The van der Waals surface area contributed by atoms with Gasteiger partial charge in [-0.15, -0.1) is 4.90 Å². The standard InChI is InChI=1S/C21H26F3N3O7/c1-18(2,3)33-16(28)26(17(29)34-19(4,5)6)15-25-20(7,21(23,24)11-32-15)13-10-12(27(30)31)8-9-14(13)22/h8-10H,11H2,1-7H3/t20-/m1/s1.